The molecule has 2 aliphatic carbocycles. The third-order valence-corrected chi connectivity index (χ3v) is 10.5. The van der Waals surface area contributed by atoms with E-state index >= 15 is 0 Å². The molecule has 2 aliphatic rings. The number of nitrogens with one attached hydrogen (secondary N) is 1. The molecule has 7 aromatic carbocycles. The van der Waals surface area contributed by atoms with Gasteiger partial charge >= 0.3 is 0 Å². The van der Waals surface area contributed by atoms with Gasteiger partial charge in [-0.15, -0.1) is 0 Å². The van der Waals surface area contributed by atoms with Crippen molar-refractivity contribution in [3.05, 3.63) is 203 Å². The molecule has 0 aromatic heterocycles. The highest BCUT2D eigenvalue weighted by Crippen LogP contribution is 2.56. The summed E-state index contributed by atoms with van der Waals surface area (Å²) in [4.78, 5) is 0. The zero-order chi connectivity index (χ0) is 31.6. The molecule has 1 heteroatoms. The van der Waals surface area contributed by atoms with E-state index in [0.29, 0.717) is 0 Å². The van der Waals surface area contributed by atoms with E-state index in [0.717, 1.165) is 11.4 Å². The van der Waals surface area contributed by atoms with Crippen molar-refractivity contribution in [2.24, 2.45) is 0 Å². The third-order valence-electron chi connectivity index (χ3n) is 10.5. The second kappa shape index (κ2) is 10.4. The van der Waals surface area contributed by atoms with E-state index in [1.807, 2.05) is 0 Å². The average molecular weight is 602 g/mol. The highest BCUT2D eigenvalue weighted by molar-refractivity contribution is 5.88. The molecule has 47 heavy (non-hydrogen) atoms. The van der Waals surface area contributed by atoms with Crippen molar-refractivity contribution < 1.29 is 0 Å². The number of hydrogen-bond acceptors (Lipinski definition) is 1. The molecule has 0 bridgehead atoms. The van der Waals surface area contributed by atoms with Crippen LogP contribution in [0.5, 0.6) is 0 Å². The smallest absolute Gasteiger partial charge is 0.0714 e. The lowest BCUT2D eigenvalue weighted by Gasteiger charge is -2.34. The molecule has 0 saturated heterocycles. The zero-order valence-electron chi connectivity index (χ0n) is 26.7. The molecule has 1 nitrogen and oxygen atoms in total. The molecule has 1 N–H and O–H groups in total. The Labute approximate surface area is 277 Å². The van der Waals surface area contributed by atoms with Crippen LogP contribution < -0.4 is 5.32 Å². The SMILES string of the molecule is CC1(C)c2ccccc2-c2ccc(-c3cccc(Nc4ccc5c(c4)C(c4ccccc4)(c4ccccc4)c4ccccc4-5)c3)cc21. The maximum absolute atomic E-state index is 3.79. The molecule has 0 unspecified atom stereocenters. The minimum Gasteiger partial charge on any atom is -0.355 e. The number of fused-ring (bicyclic) bond motifs is 6. The minimum absolute atomic E-state index is 0.0240. The third kappa shape index (κ3) is 4.09. The fourth-order valence-electron chi connectivity index (χ4n) is 8.35. The molecule has 0 spiro atoms. The van der Waals surface area contributed by atoms with Crippen LogP contribution in [0.15, 0.2) is 170 Å². The number of hydrogen-bond donors (Lipinski definition) is 1. The molecule has 9 rings (SSSR count). The van der Waals surface area contributed by atoms with Gasteiger partial charge in [0.1, 0.15) is 0 Å². The molecule has 0 amide bonds. The molecular formula is C46H35N. The van der Waals surface area contributed by atoms with Gasteiger partial charge in [-0.1, -0.05) is 153 Å². The monoisotopic (exact) mass is 601 g/mol. The summed E-state index contributed by atoms with van der Waals surface area (Å²) < 4.78 is 0. The maximum Gasteiger partial charge on any atom is 0.0714 e. The van der Waals surface area contributed by atoms with Gasteiger partial charge in [-0.05, 0) is 97.1 Å². The topological polar surface area (TPSA) is 12.0 Å². The Kier molecular flexibility index (Phi) is 6.14. The van der Waals surface area contributed by atoms with Crippen molar-refractivity contribution in [2.45, 2.75) is 24.7 Å². The van der Waals surface area contributed by atoms with Crippen LogP contribution >= 0.6 is 0 Å². The van der Waals surface area contributed by atoms with Crippen molar-refractivity contribution in [1.82, 2.24) is 0 Å². The van der Waals surface area contributed by atoms with E-state index in [1.54, 1.807) is 0 Å². The minimum atomic E-state index is -0.414. The molecule has 0 saturated carbocycles. The van der Waals surface area contributed by atoms with Gasteiger partial charge in [0.25, 0.3) is 0 Å². The molecule has 0 aliphatic heterocycles. The predicted molar refractivity (Wildman–Crippen MR) is 196 cm³/mol. The average Bonchev–Trinajstić information content (AvgIpc) is 3.55. The van der Waals surface area contributed by atoms with E-state index in [9.17, 15) is 0 Å². The van der Waals surface area contributed by atoms with Gasteiger partial charge < -0.3 is 5.32 Å². The predicted octanol–water partition coefficient (Wildman–Crippen LogP) is 11.8. The van der Waals surface area contributed by atoms with E-state index in [1.165, 1.54) is 66.8 Å². The van der Waals surface area contributed by atoms with E-state index in [4.69, 9.17) is 0 Å². The molecule has 0 heterocycles. The standard InChI is InChI=1S/C46H35N/c1-45(2)41-22-11-9-20-37(41)39-26-24-32(29-43(39)45)31-14-13-19-35(28-31)47-36-25-27-40-38-21-10-12-23-42(38)46(44(40)30-36,33-15-5-3-6-16-33)34-17-7-4-8-18-34/h3-30,47H,1-2H3. The van der Waals surface area contributed by atoms with Gasteiger partial charge in [-0.3, -0.25) is 0 Å². The Morgan fingerprint density at radius 2 is 0.894 bits per heavy atom. The Balaban J connectivity index is 1.13. The van der Waals surface area contributed by atoms with Crippen molar-refractivity contribution in [2.75, 3.05) is 5.32 Å². The normalized spacial score (nSPS) is 14.5. The first-order valence-electron chi connectivity index (χ1n) is 16.5. The molecule has 224 valence electrons. The molecular weight excluding hydrogens is 567 g/mol. The van der Waals surface area contributed by atoms with Gasteiger partial charge in [-0.2, -0.15) is 0 Å². The summed E-state index contributed by atoms with van der Waals surface area (Å²) in [5.74, 6) is 0. The summed E-state index contributed by atoms with van der Waals surface area (Å²) in [6.07, 6.45) is 0. The van der Waals surface area contributed by atoms with Crippen molar-refractivity contribution in [3.8, 4) is 33.4 Å². The van der Waals surface area contributed by atoms with Crippen LogP contribution in [0.1, 0.15) is 47.2 Å². The Bertz CT molecular complexity index is 2260. The Hall–Kier alpha value is -5.66. The number of rotatable bonds is 5. The van der Waals surface area contributed by atoms with Gasteiger partial charge in [0.2, 0.25) is 0 Å². The summed E-state index contributed by atoms with van der Waals surface area (Å²) in [6.45, 7) is 4.69. The lowest BCUT2D eigenvalue weighted by molar-refractivity contribution is 0.660. The molecule has 7 aromatic rings. The van der Waals surface area contributed by atoms with E-state index in [2.05, 4.69) is 189 Å². The highest BCUT2D eigenvalue weighted by Gasteiger charge is 2.46. The van der Waals surface area contributed by atoms with Crippen LogP contribution in [0, 0.1) is 0 Å². The van der Waals surface area contributed by atoms with Gasteiger partial charge in [0, 0.05) is 16.8 Å². The first-order chi connectivity index (χ1) is 23.0. The van der Waals surface area contributed by atoms with Crippen LogP contribution in [0.2, 0.25) is 0 Å². The summed E-state index contributed by atoms with van der Waals surface area (Å²) in [5.41, 5.74) is 17.4. The lowest BCUT2D eigenvalue weighted by Crippen LogP contribution is -2.28. The van der Waals surface area contributed by atoms with Crippen LogP contribution in [0.3, 0.4) is 0 Å². The van der Waals surface area contributed by atoms with Gasteiger partial charge in [0.15, 0.2) is 0 Å². The second-order valence-electron chi connectivity index (χ2n) is 13.4. The summed E-state index contributed by atoms with van der Waals surface area (Å²) in [5, 5.41) is 3.79. The van der Waals surface area contributed by atoms with Crippen LogP contribution in [-0.4, -0.2) is 0 Å². The fourth-order valence-corrected chi connectivity index (χ4v) is 8.35. The van der Waals surface area contributed by atoms with Crippen LogP contribution in [0.25, 0.3) is 33.4 Å². The molecule has 0 fully saturated rings. The highest BCUT2D eigenvalue weighted by atomic mass is 14.9. The quantitative estimate of drug-likeness (QED) is 0.207. The largest absolute Gasteiger partial charge is 0.355 e. The Morgan fingerprint density at radius 3 is 1.62 bits per heavy atom. The maximum atomic E-state index is 3.79. The van der Waals surface area contributed by atoms with Crippen molar-refractivity contribution >= 4 is 11.4 Å². The summed E-state index contributed by atoms with van der Waals surface area (Å²) >= 11 is 0. The van der Waals surface area contributed by atoms with Gasteiger partial charge in [-0.25, -0.2) is 0 Å². The fraction of sp³-hybridized carbons (Fsp3) is 0.0870. The lowest BCUT2D eigenvalue weighted by atomic mass is 9.67. The molecule has 0 atom stereocenters. The molecule has 0 radical (unpaired) electrons. The number of anilines is 2. The summed E-state index contributed by atoms with van der Waals surface area (Å²) in [6, 6.07) is 62.4. The van der Waals surface area contributed by atoms with Crippen molar-refractivity contribution in [3.63, 3.8) is 0 Å². The Morgan fingerprint density at radius 1 is 0.362 bits per heavy atom. The van der Waals surface area contributed by atoms with E-state index in [-0.39, 0.29) is 5.41 Å². The summed E-state index contributed by atoms with van der Waals surface area (Å²) in [7, 11) is 0. The zero-order valence-corrected chi connectivity index (χ0v) is 26.7. The van der Waals surface area contributed by atoms with Crippen LogP contribution in [-0.2, 0) is 10.8 Å². The van der Waals surface area contributed by atoms with Crippen LogP contribution in [0.4, 0.5) is 11.4 Å². The number of benzene rings is 7. The first-order valence-corrected chi connectivity index (χ1v) is 16.5. The first kappa shape index (κ1) is 27.6. The van der Waals surface area contributed by atoms with Gasteiger partial charge in [0.05, 0.1) is 5.41 Å². The van der Waals surface area contributed by atoms with Crippen molar-refractivity contribution in [1.29, 1.82) is 0 Å². The van der Waals surface area contributed by atoms with E-state index < -0.39 is 5.41 Å². The second-order valence-corrected chi connectivity index (χ2v) is 13.4.